The van der Waals surface area contributed by atoms with Crippen LogP contribution in [0, 0.1) is 5.92 Å². The molecule has 1 aliphatic heterocycles. The van der Waals surface area contributed by atoms with Crippen LogP contribution < -0.4 is 16.4 Å². The Morgan fingerprint density at radius 1 is 1.46 bits per heavy atom. The van der Waals surface area contributed by atoms with Gasteiger partial charge in [-0.05, 0) is 25.7 Å². The van der Waals surface area contributed by atoms with Crippen molar-refractivity contribution in [2.45, 2.75) is 56.9 Å². The maximum atomic E-state index is 14.1. The maximum Gasteiger partial charge on any atom is 0.322 e. The second kappa shape index (κ2) is 8.70. The Bertz CT molecular complexity index is 445. The molecule has 0 radical (unpaired) electrons. The van der Waals surface area contributed by atoms with E-state index in [-0.39, 0.29) is 24.9 Å². The molecule has 2 aliphatic rings. The molecule has 0 aromatic heterocycles. The number of hydrogen-bond donors (Lipinski definition) is 4. The molecule has 5 unspecified atom stereocenters. The van der Waals surface area contributed by atoms with Gasteiger partial charge in [0.1, 0.15) is 12.2 Å². The van der Waals surface area contributed by atoms with Crippen molar-refractivity contribution in [2.24, 2.45) is 11.7 Å². The zero-order valence-corrected chi connectivity index (χ0v) is 13.9. The van der Waals surface area contributed by atoms with E-state index in [4.69, 9.17) is 15.7 Å². The van der Waals surface area contributed by atoms with Gasteiger partial charge in [-0.3, -0.25) is 19.7 Å². The third kappa shape index (κ3) is 5.10. The number of hydroxylamine groups is 2. The van der Waals surface area contributed by atoms with Gasteiger partial charge in [0, 0.05) is 24.5 Å². The second-order valence-corrected chi connectivity index (χ2v) is 6.53. The van der Waals surface area contributed by atoms with Crippen LogP contribution in [0.4, 0.5) is 4.39 Å². The number of carbonyl (C=O) groups is 2. The maximum absolute atomic E-state index is 14.1. The van der Waals surface area contributed by atoms with Gasteiger partial charge in [0.25, 0.3) is 0 Å². The number of rotatable bonds is 6. The van der Waals surface area contributed by atoms with E-state index >= 15 is 0 Å². The topological polar surface area (TPSA) is 117 Å². The molecule has 2 fully saturated rings. The van der Waals surface area contributed by atoms with Gasteiger partial charge in [0.05, 0.1) is 13.3 Å². The largest absolute Gasteiger partial charge is 0.480 e. The Labute approximate surface area is 140 Å². The van der Waals surface area contributed by atoms with Crippen molar-refractivity contribution in [1.82, 2.24) is 15.7 Å². The molecule has 1 aliphatic carbocycles. The van der Waals surface area contributed by atoms with E-state index < -0.39 is 24.1 Å². The lowest BCUT2D eigenvalue weighted by Gasteiger charge is -2.41. The fourth-order valence-corrected chi connectivity index (χ4v) is 3.12. The Hall–Kier alpha value is -1.29. The number of amides is 1. The fraction of sp³-hybridized carbons (Fsp3) is 0.867. The van der Waals surface area contributed by atoms with Crippen molar-refractivity contribution in [3.8, 4) is 0 Å². The summed E-state index contributed by atoms with van der Waals surface area (Å²) in [4.78, 5) is 28.6. The number of nitrogens with zero attached hydrogens (tertiary/aromatic N) is 1. The number of aliphatic carboxylic acids is 1. The average Bonchev–Trinajstić information content (AvgIpc) is 2.58. The van der Waals surface area contributed by atoms with Gasteiger partial charge < -0.3 is 16.2 Å². The lowest BCUT2D eigenvalue weighted by molar-refractivity contribution is -0.229. The smallest absolute Gasteiger partial charge is 0.322 e. The van der Waals surface area contributed by atoms with Crippen LogP contribution in [0.5, 0.6) is 0 Å². The number of carboxylic acid groups (broad SMARTS) is 1. The monoisotopic (exact) mass is 346 g/mol. The first-order chi connectivity index (χ1) is 11.4. The highest BCUT2D eigenvalue weighted by Gasteiger charge is 2.37. The van der Waals surface area contributed by atoms with Crippen LogP contribution in [0.15, 0.2) is 0 Å². The predicted molar refractivity (Wildman–Crippen MR) is 84.5 cm³/mol. The Kier molecular flexibility index (Phi) is 6.90. The summed E-state index contributed by atoms with van der Waals surface area (Å²) in [6, 6.07) is -1.04. The van der Waals surface area contributed by atoms with E-state index in [9.17, 15) is 14.0 Å². The second-order valence-electron chi connectivity index (χ2n) is 6.53. The van der Waals surface area contributed by atoms with E-state index in [1.165, 1.54) is 0 Å². The summed E-state index contributed by atoms with van der Waals surface area (Å²) in [7, 11) is 0. The molecule has 0 bridgehead atoms. The van der Waals surface area contributed by atoms with Crippen molar-refractivity contribution in [2.75, 3.05) is 19.8 Å². The molecule has 1 amide bonds. The predicted octanol–water partition coefficient (Wildman–Crippen LogP) is -0.406. The summed E-state index contributed by atoms with van der Waals surface area (Å²) in [6.07, 6.45) is 0.826. The molecule has 8 nitrogen and oxygen atoms in total. The summed E-state index contributed by atoms with van der Waals surface area (Å²) in [5.74, 6) is -2.04. The van der Waals surface area contributed by atoms with Crippen LogP contribution in [-0.2, 0) is 14.4 Å². The Morgan fingerprint density at radius 2 is 2.21 bits per heavy atom. The standard InChI is InChI=1S/C15H27FN4O4/c1-2-11-7-24-20(8-19-11)12-4-9(3-10(16)5-12)14(21)18-6-13(17)15(22)23/h9-13,19H,2-8,17H2,1H3,(H,18,21)(H,22,23). The zero-order valence-electron chi connectivity index (χ0n) is 13.9. The molecule has 1 saturated carbocycles. The highest BCUT2D eigenvalue weighted by molar-refractivity contribution is 5.80. The number of nitrogens with one attached hydrogen (secondary N) is 2. The van der Waals surface area contributed by atoms with Gasteiger partial charge in [0.15, 0.2) is 0 Å². The molecular formula is C15H27FN4O4. The van der Waals surface area contributed by atoms with Crippen LogP contribution >= 0.6 is 0 Å². The molecule has 138 valence electrons. The lowest BCUT2D eigenvalue weighted by Crippen LogP contribution is -2.55. The Balaban J connectivity index is 1.86. The van der Waals surface area contributed by atoms with E-state index in [2.05, 4.69) is 17.6 Å². The zero-order chi connectivity index (χ0) is 17.7. The van der Waals surface area contributed by atoms with Crippen molar-refractivity contribution in [1.29, 1.82) is 0 Å². The van der Waals surface area contributed by atoms with Crippen molar-refractivity contribution in [3.05, 3.63) is 0 Å². The van der Waals surface area contributed by atoms with Crippen molar-refractivity contribution < 1.29 is 23.9 Å². The van der Waals surface area contributed by atoms with E-state index in [0.29, 0.717) is 32.2 Å². The fourth-order valence-electron chi connectivity index (χ4n) is 3.12. The quantitative estimate of drug-likeness (QED) is 0.517. The third-order valence-corrected chi connectivity index (χ3v) is 4.69. The minimum Gasteiger partial charge on any atom is -0.480 e. The van der Waals surface area contributed by atoms with Crippen LogP contribution in [0.1, 0.15) is 32.6 Å². The summed E-state index contributed by atoms with van der Waals surface area (Å²) in [5, 5.41) is 16.3. The van der Waals surface area contributed by atoms with Crippen LogP contribution in [-0.4, -0.2) is 66.2 Å². The van der Waals surface area contributed by atoms with Gasteiger partial charge in [-0.15, -0.1) is 0 Å². The van der Waals surface area contributed by atoms with Crippen molar-refractivity contribution in [3.63, 3.8) is 0 Å². The van der Waals surface area contributed by atoms with Gasteiger partial charge >= 0.3 is 5.97 Å². The van der Waals surface area contributed by atoms with Crippen LogP contribution in [0.25, 0.3) is 0 Å². The highest BCUT2D eigenvalue weighted by Crippen LogP contribution is 2.30. The van der Waals surface area contributed by atoms with Crippen LogP contribution in [0.2, 0.25) is 0 Å². The molecule has 5 atom stereocenters. The minimum atomic E-state index is -1.18. The molecule has 2 rings (SSSR count). The molecule has 5 N–H and O–H groups in total. The van der Waals surface area contributed by atoms with Gasteiger partial charge in [0.2, 0.25) is 5.91 Å². The first-order valence-electron chi connectivity index (χ1n) is 8.43. The molecular weight excluding hydrogens is 319 g/mol. The van der Waals surface area contributed by atoms with E-state index in [1.54, 1.807) is 5.06 Å². The average molecular weight is 346 g/mol. The van der Waals surface area contributed by atoms with Gasteiger partial charge in [-0.25, -0.2) is 4.39 Å². The summed E-state index contributed by atoms with van der Waals surface area (Å²) in [5.41, 5.74) is 5.37. The first kappa shape index (κ1) is 19.0. The van der Waals surface area contributed by atoms with Gasteiger partial charge in [-0.1, -0.05) is 6.92 Å². The lowest BCUT2D eigenvalue weighted by atomic mass is 9.83. The molecule has 1 saturated heterocycles. The normalized spacial score (nSPS) is 33.0. The first-order valence-corrected chi connectivity index (χ1v) is 8.43. The minimum absolute atomic E-state index is 0.142. The number of halogens is 1. The SMILES string of the molecule is CCC1CON(C2CC(F)CC(C(=O)NCC(N)C(=O)O)C2)CN1. The molecule has 24 heavy (non-hydrogen) atoms. The highest BCUT2D eigenvalue weighted by atomic mass is 19.1. The van der Waals surface area contributed by atoms with Crippen LogP contribution in [0.3, 0.4) is 0 Å². The number of alkyl halides is 1. The molecule has 0 aromatic rings. The molecule has 1 heterocycles. The summed E-state index contributed by atoms with van der Waals surface area (Å²) < 4.78 is 14.1. The van der Waals surface area contributed by atoms with Gasteiger partial charge in [-0.2, -0.15) is 5.06 Å². The van der Waals surface area contributed by atoms with Crippen molar-refractivity contribution >= 4 is 11.9 Å². The summed E-state index contributed by atoms with van der Waals surface area (Å²) in [6.45, 7) is 2.95. The third-order valence-electron chi connectivity index (χ3n) is 4.69. The number of carboxylic acids is 1. The van der Waals surface area contributed by atoms with E-state index in [0.717, 1.165) is 6.42 Å². The molecule has 0 aromatic carbocycles. The number of hydrogen-bond acceptors (Lipinski definition) is 6. The van der Waals surface area contributed by atoms with E-state index in [1.807, 2.05) is 0 Å². The number of nitrogens with two attached hydrogens (primary N) is 1. The molecule has 9 heteroatoms. The number of carbonyl (C=O) groups excluding carboxylic acids is 1. The Morgan fingerprint density at radius 3 is 2.79 bits per heavy atom. The summed E-state index contributed by atoms with van der Waals surface area (Å²) >= 11 is 0. The molecule has 0 spiro atoms.